The number of aromatic amines is 1. The van der Waals surface area contributed by atoms with Gasteiger partial charge in [-0.1, -0.05) is 152 Å². The molecule has 8 aromatic carbocycles. The zero-order valence-electron chi connectivity index (χ0n) is 29.2. The van der Waals surface area contributed by atoms with E-state index in [2.05, 4.69) is 179 Å². The minimum atomic E-state index is 0.704. The molecule has 3 aromatic heterocycles. The Morgan fingerprint density at radius 3 is 1.65 bits per heavy atom. The fourth-order valence-corrected chi connectivity index (χ4v) is 8.21. The number of H-pyrrole nitrogens is 1. The van der Waals surface area contributed by atoms with E-state index in [1.54, 1.807) is 0 Å². The summed E-state index contributed by atoms with van der Waals surface area (Å²) in [5, 5.41) is 7.38. The summed E-state index contributed by atoms with van der Waals surface area (Å²) in [6.45, 7) is 0. The Balaban J connectivity index is 1.02. The van der Waals surface area contributed by atoms with Gasteiger partial charge >= 0.3 is 0 Å². The fourth-order valence-electron chi connectivity index (χ4n) is 8.21. The van der Waals surface area contributed by atoms with Crippen LogP contribution in [0.2, 0.25) is 0 Å². The van der Waals surface area contributed by atoms with Crippen LogP contribution in [0.4, 0.5) is 0 Å². The quantitative estimate of drug-likeness (QED) is 0.196. The van der Waals surface area contributed by atoms with Crippen molar-refractivity contribution in [3.05, 3.63) is 188 Å². The van der Waals surface area contributed by atoms with Crippen LogP contribution in [-0.4, -0.2) is 19.5 Å². The van der Waals surface area contributed by atoms with Gasteiger partial charge in [0.05, 0.1) is 28.1 Å². The summed E-state index contributed by atoms with van der Waals surface area (Å²) in [6, 6.07) is 66.8. The first-order chi connectivity index (χ1) is 26.8. The first kappa shape index (κ1) is 30.3. The molecule has 4 heteroatoms. The molecule has 0 saturated heterocycles. The number of aromatic nitrogens is 4. The minimum Gasteiger partial charge on any atom is -0.354 e. The molecule has 4 nitrogen and oxygen atoms in total. The van der Waals surface area contributed by atoms with Crippen LogP contribution < -0.4 is 0 Å². The highest BCUT2D eigenvalue weighted by molar-refractivity contribution is 6.12. The Hall–Kier alpha value is -7.30. The molecule has 54 heavy (non-hydrogen) atoms. The number of fused-ring (bicyclic) bond motifs is 7. The maximum Gasteiger partial charge on any atom is 0.160 e. The molecule has 0 radical (unpaired) electrons. The number of nitrogens with zero attached hydrogens (tertiary/aromatic N) is 3. The largest absolute Gasteiger partial charge is 0.354 e. The van der Waals surface area contributed by atoms with Gasteiger partial charge in [0, 0.05) is 54.7 Å². The lowest BCUT2D eigenvalue weighted by Crippen LogP contribution is -1.97. The Labute approximate surface area is 311 Å². The van der Waals surface area contributed by atoms with E-state index in [9.17, 15) is 0 Å². The first-order valence-electron chi connectivity index (χ1n) is 18.3. The van der Waals surface area contributed by atoms with E-state index in [-0.39, 0.29) is 0 Å². The Kier molecular flexibility index (Phi) is 6.82. The molecule has 0 fully saturated rings. The second kappa shape index (κ2) is 12.1. The van der Waals surface area contributed by atoms with Crippen molar-refractivity contribution in [2.24, 2.45) is 0 Å². The summed E-state index contributed by atoms with van der Waals surface area (Å²) in [4.78, 5) is 13.8. The topological polar surface area (TPSA) is 46.5 Å². The third kappa shape index (κ3) is 4.85. The molecule has 11 aromatic rings. The van der Waals surface area contributed by atoms with E-state index in [0.717, 1.165) is 44.7 Å². The van der Waals surface area contributed by atoms with Gasteiger partial charge in [-0.2, -0.15) is 0 Å². The molecular weight excluding hydrogens is 657 g/mol. The van der Waals surface area contributed by atoms with Crippen molar-refractivity contribution in [2.75, 3.05) is 0 Å². The van der Waals surface area contributed by atoms with E-state index >= 15 is 0 Å². The number of rotatable bonds is 5. The van der Waals surface area contributed by atoms with Crippen LogP contribution in [0.3, 0.4) is 0 Å². The predicted molar refractivity (Wildman–Crippen MR) is 225 cm³/mol. The van der Waals surface area contributed by atoms with Crippen molar-refractivity contribution >= 4 is 54.4 Å². The maximum absolute atomic E-state index is 5.12. The van der Waals surface area contributed by atoms with Crippen LogP contribution in [0.25, 0.3) is 105 Å². The van der Waals surface area contributed by atoms with Crippen LogP contribution in [0, 0.1) is 0 Å². The van der Waals surface area contributed by atoms with Crippen LogP contribution in [0.1, 0.15) is 0 Å². The van der Waals surface area contributed by atoms with E-state index in [4.69, 9.17) is 9.97 Å². The highest BCUT2D eigenvalue weighted by Crippen LogP contribution is 2.39. The van der Waals surface area contributed by atoms with Gasteiger partial charge in [0.25, 0.3) is 0 Å². The number of benzene rings is 8. The third-order valence-electron chi connectivity index (χ3n) is 10.8. The third-order valence-corrected chi connectivity index (χ3v) is 10.8. The van der Waals surface area contributed by atoms with Crippen molar-refractivity contribution in [1.29, 1.82) is 0 Å². The van der Waals surface area contributed by atoms with Gasteiger partial charge in [0.1, 0.15) is 0 Å². The highest BCUT2D eigenvalue weighted by atomic mass is 15.0. The molecule has 0 amide bonds. The smallest absolute Gasteiger partial charge is 0.160 e. The molecular formula is C50H32N4. The average Bonchev–Trinajstić information content (AvgIpc) is 3.79. The minimum absolute atomic E-state index is 0.704. The van der Waals surface area contributed by atoms with Crippen LogP contribution in [-0.2, 0) is 0 Å². The average molecular weight is 689 g/mol. The second-order valence-corrected chi connectivity index (χ2v) is 13.9. The molecule has 0 unspecified atom stereocenters. The molecule has 0 aliphatic heterocycles. The molecule has 3 heterocycles. The van der Waals surface area contributed by atoms with E-state index in [1.807, 2.05) is 18.2 Å². The summed E-state index contributed by atoms with van der Waals surface area (Å²) in [5.74, 6) is 0.704. The van der Waals surface area contributed by atoms with Crippen LogP contribution >= 0.6 is 0 Å². The molecule has 1 N–H and O–H groups in total. The second-order valence-electron chi connectivity index (χ2n) is 13.9. The summed E-state index contributed by atoms with van der Waals surface area (Å²) in [6.07, 6.45) is 0. The summed E-state index contributed by atoms with van der Waals surface area (Å²) < 4.78 is 2.41. The van der Waals surface area contributed by atoms with Crippen molar-refractivity contribution in [3.8, 4) is 50.7 Å². The van der Waals surface area contributed by atoms with Crippen LogP contribution in [0.15, 0.2) is 188 Å². The van der Waals surface area contributed by atoms with Gasteiger partial charge in [0.2, 0.25) is 0 Å². The van der Waals surface area contributed by atoms with Gasteiger partial charge in [0.15, 0.2) is 5.82 Å². The molecule has 0 bridgehead atoms. The van der Waals surface area contributed by atoms with Crippen molar-refractivity contribution in [2.45, 2.75) is 0 Å². The van der Waals surface area contributed by atoms with E-state index in [0.29, 0.717) is 5.82 Å². The number of nitrogens with one attached hydrogen (secondary N) is 1. The summed E-state index contributed by atoms with van der Waals surface area (Å²) in [7, 11) is 0. The zero-order valence-corrected chi connectivity index (χ0v) is 29.2. The molecule has 0 atom stereocenters. The molecule has 252 valence electrons. The van der Waals surface area contributed by atoms with Gasteiger partial charge in [-0.25, -0.2) is 9.97 Å². The lowest BCUT2D eigenvalue weighted by atomic mass is 9.95. The van der Waals surface area contributed by atoms with Crippen molar-refractivity contribution in [1.82, 2.24) is 19.5 Å². The molecule has 0 saturated carbocycles. The molecule has 0 aliphatic carbocycles. The number of para-hydroxylation sites is 3. The SMILES string of the molecule is c1ccc(-c2nc(-c3ccc(-c4ccc(-n5c6ccccc6c6ccccc65)c5ccccc45)cc3)cc(-c3ccc4c(c3)[nH]c3ccccc34)n2)cc1. The van der Waals surface area contributed by atoms with E-state index < -0.39 is 0 Å². The fraction of sp³-hybridized carbons (Fsp3) is 0. The standard InChI is InChI=1S/C50H32N4/c1-2-12-34(13-3-1)50-52-44(31-45(53-50)35-26-27-39-38-15-6-9-19-43(38)51-46(39)30-35)33-24-22-32(23-25-33)36-28-29-49(40-16-5-4-14-37(36)40)54-47-20-10-7-17-41(47)42-18-8-11-21-48(42)54/h1-31,51H. The summed E-state index contributed by atoms with van der Waals surface area (Å²) >= 11 is 0. The molecule has 0 spiro atoms. The Morgan fingerprint density at radius 1 is 0.352 bits per heavy atom. The lowest BCUT2D eigenvalue weighted by molar-refractivity contribution is 1.18. The van der Waals surface area contributed by atoms with Gasteiger partial charge in [-0.05, 0) is 52.9 Å². The van der Waals surface area contributed by atoms with Gasteiger partial charge in [-0.3, -0.25) is 0 Å². The van der Waals surface area contributed by atoms with Gasteiger partial charge in [-0.15, -0.1) is 0 Å². The normalized spacial score (nSPS) is 11.7. The van der Waals surface area contributed by atoms with Crippen LogP contribution in [0.5, 0.6) is 0 Å². The van der Waals surface area contributed by atoms with E-state index in [1.165, 1.54) is 54.6 Å². The molecule has 11 rings (SSSR count). The number of hydrogen-bond acceptors (Lipinski definition) is 2. The Bertz CT molecular complexity index is 3150. The maximum atomic E-state index is 5.12. The van der Waals surface area contributed by atoms with Crippen molar-refractivity contribution in [3.63, 3.8) is 0 Å². The number of hydrogen-bond donors (Lipinski definition) is 1. The predicted octanol–water partition coefficient (Wildman–Crippen LogP) is 13.0. The first-order valence-corrected chi connectivity index (χ1v) is 18.3. The lowest BCUT2D eigenvalue weighted by Gasteiger charge is -2.15. The monoisotopic (exact) mass is 688 g/mol. The van der Waals surface area contributed by atoms with Gasteiger partial charge < -0.3 is 9.55 Å². The zero-order chi connectivity index (χ0) is 35.6. The Morgan fingerprint density at radius 2 is 0.907 bits per heavy atom. The summed E-state index contributed by atoms with van der Waals surface area (Å²) in [5.41, 5.74) is 13.0. The molecule has 0 aliphatic rings. The van der Waals surface area contributed by atoms with Crippen molar-refractivity contribution < 1.29 is 0 Å². The highest BCUT2D eigenvalue weighted by Gasteiger charge is 2.17.